The van der Waals surface area contributed by atoms with Gasteiger partial charge in [0.25, 0.3) is 0 Å². The van der Waals surface area contributed by atoms with Crippen LogP contribution in [0.1, 0.15) is 23.0 Å². The molecular weight excluding hydrogens is 210 g/mol. The van der Waals surface area contributed by atoms with Crippen molar-refractivity contribution in [3.63, 3.8) is 0 Å². The molecule has 0 saturated carbocycles. The first-order valence-corrected chi connectivity index (χ1v) is 5.04. The SMILES string of the molecule is COCCNC(C(=O)O)c1c(C)n[nH]c1C. The molecule has 0 aliphatic carbocycles. The summed E-state index contributed by atoms with van der Waals surface area (Å²) in [6.45, 7) is 4.55. The number of hydrogen-bond acceptors (Lipinski definition) is 4. The average molecular weight is 227 g/mol. The lowest BCUT2D eigenvalue weighted by Gasteiger charge is -2.14. The Morgan fingerprint density at radius 2 is 2.31 bits per heavy atom. The van der Waals surface area contributed by atoms with Crippen LogP contribution in [-0.2, 0) is 9.53 Å². The number of nitrogens with zero attached hydrogens (tertiary/aromatic N) is 1. The van der Waals surface area contributed by atoms with Gasteiger partial charge in [-0.2, -0.15) is 5.10 Å². The molecule has 1 atom stereocenters. The maximum atomic E-state index is 11.2. The van der Waals surface area contributed by atoms with Gasteiger partial charge in [-0.05, 0) is 13.8 Å². The number of aryl methyl sites for hydroxylation is 2. The minimum atomic E-state index is -0.913. The summed E-state index contributed by atoms with van der Waals surface area (Å²) in [5, 5.41) is 18.8. The number of nitrogens with one attached hydrogen (secondary N) is 2. The largest absolute Gasteiger partial charge is 0.480 e. The Balaban J connectivity index is 2.81. The summed E-state index contributed by atoms with van der Waals surface area (Å²) in [6, 6.07) is -0.742. The highest BCUT2D eigenvalue weighted by Gasteiger charge is 2.24. The van der Waals surface area contributed by atoms with E-state index in [1.165, 1.54) is 0 Å². The van der Waals surface area contributed by atoms with E-state index in [1.54, 1.807) is 14.0 Å². The van der Waals surface area contributed by atoms with Crippen LogP contribution in [0.4, 0.5) is 0 Å². The molecule has 1 heterocycles. The van der Waals surface area contributed by atoms with E-state index in [1.807, 2.05) is 6.92 Å². The number of rotatable bonds is 6. The summed E-state index contributed by atoms with van der Waals surface area (Å²) in [7, 11) is 1.58. The lowest BCUT2D eigenvalue weighted by molar-refractivity contribution is -0.139. The number of hydrogen-bond donors (Lipinski definition) is 3. The summed E-state index contributed by atoms with van der Waals surface area (Å²) in [5.41, 5.74) is 2.17. The van der Waals surface area contributed by atoms with E-state index in [2.05, 4.69) is 15.5 Å². The molecule has 0 radical (unpaired) electrons. The van der Waals surface area contributed by atoms with E-state index in [4.69, 9.17) is 9.84 Å². The molecule has 1 aromatic heterocycles. The zero-order valence-corrected chi connectivity index (χ0v) is 9.70. The number of aliphatic carboxylic acids is 1. The summed E-state index contributed by atoms with van der Waals surface area (Å²) in [5.74, 6) is -0.913. The lowest BCUT2D eigenvalue weighted by Crippen LogP contribution is -2.31. The van der Waals surface area contributed by atoms with Crippen LogP contribution in [0, 0.1) is 13.8 Å². The molecular formula is C10H17N3O3. The van der Waals surface area contributed by atoms with E-state index >= 15 is 0 Å². The van der Waals surface area contributed by atoms with Crippen LogP contribution < -0.4 is 5.32 Å². The fourth-order valence-electron chi connectivity index (χ4n) is 1.60. The fourth-order valence-corrected chi connectivity index (χ4v) is 1.60. The number of H-pyrrole nitrogens is 1. The second kappa shape index (κ2) is 5.62. The van der Waals surface area contributed by atoms with Gasteiger partial charge in [0.2, 0.25) is 0 Å². The minimum absolute atomic E-state index is 0.472. The van der Waals surface area contributed by atoms with Crippen molar-refractivity contribution >= 4 is 5.97 Å². The molecule has 0 aromatic carbocycles. The molecule has 0 spiro atoms. The first-order chi connectivity index (χ1) is 7.57. The molecule has 0 saturated heterocycles. The molecule has 0 aliphatic heterocycles. The van der Waals surface area contributed by atoms with E-state index in [9.17, 15) is 4.79 Å². The van der Waals surface area contributed by atoms with E-state index < -0.39 is 12.0 Å². The molecule has 1 aromatic rings. The van der Waals surface area contributed by atoms with Crippen molar-refractivity contribution in [3.05, 3.63) is 17.0 Å². The topological polar surface area (TPSA) is 87.2 Å². The van der Waals surface area contributed by atoms with Crippen molar-refractivity contribution in [3.8, 4) is 0 Å². The fraction of sp³-hybridized carbons (Fsp3) is 0.600. The zero-order chi connectivity index (χ0) is 12.1. The standard InChI is InChI=1S/C10H17N3O3/c1-6-8(7(2)13-12-6)9(10(14)15)11-4-5-16-3/h9,11H,4-5H2,1-3H3,(H,12,13)(H,14,15). The average Bonchev–Trinajstić information content (AvgIpc) is 2.54. The molecule has 0 fully saturated rings. The van der Waals surface area contributed by atoms with Crippen LogP contribution in [0.5, 0.6) is 0 Å². The Kier molecular flexibility index (Phi) is 4.45. The van der Waals surface area contributed by atoms with Gasteiger partial charge in [-0.15, -0.1) is 0 Å². The maximum Gasteiger partial charge on any atom is 0.325 e. The molecule has 0 amide bonds. The second-order valence-corrected chi connectivity index (χ2v) is 3.57. The van der Waals surface area contributed by atoms with E-state index in [0.717, 1.165) is 5.69 Å². The first kappa shape index (κ1) is 12.7. The lowest BCUT2D eigenvalue weighted by atomic mass is 10.1. The summed E-state index contributed by atoms with van der Waals surface area (Å²) in [4.78, 5) is 11.2. The number of aromatic nitrogens is 2. The highest BCUT2D eigenvalue weighted by molar-refractivity contribution is 5.76. The van der Waals surface area contributed by atoms with E-state index in [0.29, 0.717) is 24.4 Å². The molecule has 0 bridgehead atoms. The number of aromatic amines is 1. The summed E-state index contributed by atoms with van der Waals surface area (Å²) in [6.07, 6.45) is 0. The Morgan fingerprint density at radius 3 is 2.75 bits per heavy atom. The molecule has 3 N–H and O–H groups in total. The van der Waals surface area contributed by atoms with Crippen molar-refractivity contribution in [2.24, 2.45) is 0 Å². The van der Waals surface area contributed by atoms with Crippen molar-refractivity contribution in [2.45, 2.75) is 19.9 Å². The quantitative estimate of drug-likeness (QED) is 0.612. The highest BCUT2D eigenvalue weighted by Crippen LogP contribution is 2.19. The van der Waals surface area contributed by atoms with Gasteiger partial charge >= 0.3 is 5.97 Å². The third kappa shape index (κ3) is 2.80. The monoisotopic (exact) mass is 227 g/mol. The molecule has 6 heteroatoms. The molecule has 6 nitrogen and oxygen atoms in total. The van der Waals surface area contributed by atoms with Gasteiger partial charge in [-0.25, -0.2) is 0 Å². The number of ether oxygens (including phenoxy) is 1. The van der Waals surface area contributed by atoms with Crippen molar-refractivity contribution in [1.29, 1.82) is 0 Å². The molecule has 1 unspecified atom stereocenters. The third-order valence-electron chi connectivity index (χ3n) is 2.38. The smallest absolute Gasteiger partial charge is 0.325 e. The second-order valence-electron chi connectivity index (χ2n) is 3.57. The van der Waals surface area contributed by atoms with Gasteiger partial charge in [0.15, 0.2) is 0 Å². The summed E-state index contributed by atoms with van der Waals surface area (Å²) >= 11 is 0. The van der Waals surface area contributed by atoms with Gasteiger partial charge in [0.05, 0.1) is 12.3 Å². The van der Waals surface area contributed by atoms with Gasteiger partial charge in [0.1, 0.15) is 6.04 Å². The zero-order valence-electron chi connectivity index (χ0n) is 9.70. The van der Waals surface area contributed by atoms with Crippen LogP contribution in [0.2, 0.25) is 0 Å². The van der Waals surface area contributed by atoms with Crippen LogP contribution >= 0.6 is 0 Å². The maximum absolute atomic E-state index is 11.2. The van der Waals surface area contributed by atoms with E-state index in [-0.39, 0.29) is 0 Å². The number of carboxylic acids is 1. The van der Waals surface area contributed by atoms with Gasteiger partial charge in [-0.3, -0.25) is 15.2 Å². The van der Waals surface area contributed by atoms with Gasteiger partial charge in [-0.1, -0.05) is 0 Å². The Morgan fingerprint density at radius 1 is 1.62 bits per heavy atom. The van der Waals surface area contributed by atoms with Crippen LogP contribution in [-0.4, -0.2) is 41.5 Å². The predicted octanol–water partition coefficient (Wildman–Crippen LogP) is 0.388. The van der Waals surface area contributed by atoms with Crippen molar-refractivity contribution in [1.82, 2.24) is 15.5 Å². The normalized spacial score (nSPS) is 12.7. The molecule has 0 aliphatic rings. The highest BCUT2D eigenvalue weighted by atomic mass is 16.5. The number of carboxylic acid groups (broad SMARTS) is 1. The van der Waals surface area contributed by atoms with Crippen LogP contribution in [0.3, 0.4) is 0 Å². The third-order valence-corrected chi connectivity index (χ3v) is 2.38. The first-order valence-electron chi connectivity index (χ1n) is 5.04. The summed E-state index contributed by atoms with van der Waals surface area (Å²) < 4.78 is 4.87. The Hall–Kier alpha value is -1.40. The minimum Gasteiger partial charge on any atom is -0.480 e. The van der Waals surface area contributed by atoms with Gasteiger partial charge < -0.3 is 9.84 Å². The van der Waals surface area contributed by atoms with Gasteiger partial charge in [0, 0.05) is 24.9 Å². The Bertz CT molecular complexity index is 343. The van der Waals surface area contributed by atoms with Crippen molar-refractivity contribution in [2.75, 3.05) is 20.3 Å². The van der Waals surface area contributed by atoms with Crippen LogP contribution in [0.25, 0.3) is 0 Å². The molecule has 90 valence electrons. The molecule has 1 rings (SSSR count). The number of methoxy groups -OCH3 is 1. The predicted molar refractivity (Wildman–Crippen MR) is 58.3 cm³/mol. The molecule has 16 heavy (non-hydrogen) atoms. The Labute approximate surface area is 94.0 Å². The number of carbonyl (C=O) groups is 1. The van der Waals surface area contributed by atoms with Crippen LogP contribution in [0.15, 0.2) is 0 Å². The van der Waals surface area contributed by atoms with Crippen molar-refractivity contribution < 1.29 is 14.6 Å².